The maximum absolute atomic E-state index is 12.2. The summed E-state index contributed by atoms with van der Waals surface area (Å²) in [5.41, 5.74) is 3.83. The van der Waals surface area contributed by atoms with Crippen LogP contribution < -0.4 is 5.32 Å². The molecule has 0 unspecified atom stereocenters. The fourth-order valence-electron chi connectivity index (χ4n) is 2.51. The summed E-state index contributed by atoms with van der Waals surface area (Å²) in [6.45, 7) is 2.49. The molecular formula is C17H17N3O. The molecule has 3 rings (SSSR count). The van der Waals surface area contributed by atoms with Crippen molar-refractivity contribution < 1.29 is 4.79 Å². The van der Waals surface area contributed by atoms with E-state index in [0.29, 0.717) is 12.1 Å². The minimum Gasteiger partial charge on any atom is -0.350 e. The van der Waals surface area contributed by atoms with Gasteiger partial charge in [-0.25, -0.2) is 0 Å². The molecule has 1 amide bonds. The van der Waals surface area contributed by atoms with E-state index in [9.17, 15) is 4.79 Å². The van der Waals surface area contributed by atoms with Gasteiger partial charge in [-0.05, 0) is 42.8 Å². The maximum atomic E-state index is 12.2. The zero-order valence-electron chi connectivity index (χ0n) is 12.1. The highest BCUT2D eigenvalue weighted by molar-refractivity contribution is 5.98. The minimum absolute atomic E-state index is 0.0780. The van der Waals surface area contributed by atoms with E-state index < -0.39 is 0 Å². The maximum Gasteiger partial charge on any atom is 0.251 e. The van der Waals surface area contributed by atoms with Crippen LogP contribution >= 0.6 is 0 Å². The minimum atomic E-state index is -0.0780. The number of nitrogens with one attached hydrogen (secondary N) is 1. The van der Waals surface area contributed by atoms with E-state index in [1.165, 1.54) is 5.56 Å². The van der Waals surface area contributed by atoms with Crippen LogP contribution in [0.5, 0.6) is 0 Å². The molecule has 0 radical (unpaired) electrons. The van der Waals surface area contributed by atoms with E-state index in [1.54, 1.807) is 6.20 Å². The Morgan fingerprint density at radius 3 is 2.90 bits per heavy atom. The van der Waals surface area contributed by atoms with E-state index in [1.807, 2.05) is 43.4 Å². The standard InChI is InChI=1S/C17H17N3O/c1-12-11-20(2)16-7-6-13(9-15(12)16)17(21)19-10-14-5-3-4-8-18-14/h3-9,11H,10H2,1-2H3,(H,19,21). The van der Waals surface area contributed by atoms with Gasteiger partial charge in [0.1, 0.15) is 0 Å². The molecule has 4 heteroatoms. The second-order valence-electron chi connectivity index (χ2n) is 5.16. The van der Waals surface area contributed by atoms with Crippen LogP contribution in [0.3, 0.4) is 0 Å². The lowest BCUT2D eigenvalue weighted by atomic mass is 10.1. The number of carbonyl (C=O) groups is 1. The van der Waals surface area contributed by atoms with Crippen molar-refractivity contribution in [3.8, 4) is 0 Å². The fraction of sp³-hybridized carbons (Fsp3) is 0.176. The van der Waals surface area contributed by atoms with Crippen molar-refractivity contribution in [1.82, 2.24) is 14.9 Å². The third-order valence-corrected chi connectivity index (χ3v) is 3.61. The molecule has 2 heterocycles. The summed E-state index contributed by atoms with van der Waals surface area (Å²) in [5.74, 6) is -0.0780. The van der Waals surface area contributed by atoms with Crippen LogP contribution in [0.25, 0.3) is 10.9 Å². The van der Waals surface area contributed by atoms with Crippen molar-refractivity contribution in [2.45, 2.75) is 13.5 Å². The predicted octanol–water partition coefficient (Wildman–Crippen LogP) is 2.81. The van der Waals surface area contributed by atoms with Crippen LogP contribution in [-0.4, -0.2) is 15.5 Å². The molecule has 0 aliphatic carbocycles. The Labute approximate surface area is 123 Å². The number of rotatable bonds is 3. The van der Waals surface area contributed by atoms with Crippen LogP contribution in [0.1, 0.15) is 21.6 Å². The number of aromatic nitrogens is 2. The number of carbonyl (C=O) groups excluding carboxylic acids is 1. The monoisotopic (exact) mass is 279 g/mol. The topological polar surface area (TPSA) is 46.9 Å². The van der Waals surface area contributed by atoms with Crippen molar-refractivity contribution in [2.75, 3.05) is 0 Å². The lowest BCUT2D eigenvalue weighted by Gasteiger charge is -2.05. The summed E-state index contributed by atoms with van der Waals surface area (Å²) < 4.78 is 2.07. The van der Waals surface area contributed by atoms with Crippen molar-refractivity contribution in [1.29, 1.82) is 0 Å². The van der Waals surface area contributed by atoms with Gasteiger partial charge < -0.3 is 9.88 Å². The molecule has 0 fully saturated rings. The lowest BCUT2D eigenvalue weighted by molar-refractivity contribution is 0.0950. The molecule has 2 aromatic heterocycles. The highest BCUT2D eigenvalue weighted by Crippen LogP contribution is 2.21. The summed E-state index contributed by atoms with van der Waals surface area (Å²) >= 11 is 0. The molecule has 0 aliphatic rings. The quantitative estimate of drug-likeness (QED) is 0.801. The molecule has 1 aromatic carbocycles. The zero-order chi connectivity index (χ0) is 14.8. The molecule has 3 aromatic rings. The number of amides is 1. The molecule has 0 spiro atoms. The van der Waals surface area contributed by atoms with Crippen LogP contribution in [0, 0.1) is 6.92 Å². The van der Waals surface area contributed by atoms with Gasteiger partial charge in [0.05, 0.1) is 12.2 Å². The van der Waals surface area contributed by atoms with E-state index in [4.69, 9.17) is 0 Å². The predicted molar refractivity (Wildman–Crippen MR) is 83.1 cm³/mol. The van der Waals surface area contributed by atoms with Gasteiger partial charge in [-0.1, -0.05) is 6.07 Å². The summed E-state index contributed by atoms with van der Waals surface area (Å²) in [4.78, 5) is 16.4. The lowest BCUT2D eigenvalue weighted by Crippen LogP contribution is -2.23. The van der Waals surface area contributed by atoms with Crippen molar-refractivity contribution in [3.05, 3.63) is 65.6 Å². The second-order valence-corrected chi connectivity index (χ2v) is 5.16. The van der Waals surface area contributed by atoms with Gasteiger partial charge in [0.25, 0.3) is 5.91 Å². The molecule has 0 saturated carbocycles. The van der Waals surface area contributed by atoms with Gasteiger partial charge in [-0.3, -0.25) is 9.78 Å². The smallest absolute Gasteiger partial charge is 0.251 e. The summed E-state index contributed by atoms with van der Waals surface area (Å²) in [5, 5.41) is 4.01. The molecule has 1 N–H and O–H groups in total. The van der Waals surface area contributed by atoms with Gasteiger partial charge >= 0.3 is 0 Å². The van der Waals surface area contributed by atoms with Gasteiger partial charge in [0.15, 0.2) is 0 Å². The number of benzene rings is 1. The fourth-order valence-corrected chi connectivity index (χ4v) is 2.51. The van der Waals surface area contributed by atoms with Crippen molar-refractivity contribution in [2.24, 2.45) is 7.05 Å². The summed E-state index contributed by atoms with van der Waals surface area (Å²) in [7, 11) is 2.01. The molecular weight excluding hydrogens is 262 g/mol. The third kappa shape index (κ3) is 2.65. The van der Waals surface area contributed by atoms with Crippen LogP contribution in [0.2, 0.25) is 0 Å². The molecule has 0 aliphatic heterocycles. The van der Waals surface area contributed by atoms with E-state index >= 15 is 0 Å². The number of hydrogen-bond acceptors (Lipinski definition) is 2. The summed E-state index contributed by atoms with van der Waals surface area (Å²) in [6, 6.07) is 11.4. The number of aryl methyl sites for hydroxylation is 2. The van der Waals surface area contributed by atoms with Crippen molar-refractivity contribution >= 4 is 16.8 Å². The number of nitrogens with zero attached hydrogens (tertiary/aromatic N) is 2. The molecule has 4 nitrogen and oxygen atoms in total. The first kappa shape index (κ1) is 13.4. The Hall–Kier alpha value is -2.62. The SMILES string of the molecule is Cc1cn(C)c2ccc(C(=O)NCc3ccccn3)cc12. The van der Waals surface area contributed by atoms with Gasteiger partial charge in [0, 0.05) is 35.9 Å². The van der Waals surface area contributed by atoms with Crippen LogP contribution in [0.4, 0.5) is 0 Å². The number of pyridine rings is 1. The molecule has 106 valence electrons. The van der Waals surface area contributed by atoms with Gasteiger partial charge in [-0.15, -0.1) is 0 Å². The Kier molecular flexibility index (Phi) is 3.44. The molecule has 0 saturated heterocycles. The van der Waals surface area contributed by atoms with Crippen LogP contribution in [-0.2, 0) is 13.6 Å². The first-order valence-corrected chi connectivity index (χ1v) is 6.89. The normalized spacial score (nSPS) is 10.8. The molecule has 0 bridgehead atoms. The third-order valence-electron chi connectivity index (χ3n) is 3.61. The Bertz CT molecular complexity index is 790. The zero-order valence-corrected chi connectivity index (χ0v) is 12.1. The van der Waals surface area contributed by atoms with Crippen molar-refractivity contribution in [3.63, 3.8) is 0 Å². The average molecular weight is 279 g/mol. The molecule has 21 heavy (non-hydrogen) atoms. The number of hydrogen-bond donors (Lipinski definition) is 1. The van der Waals surface area contributed by atoms with Crippen LogP contribution in [0.15, 0.2) is 48.8 Å². The second kappa shape index (κ2) is 5.40. The first-order chi connectivity index (χ1) is 10.1. The van der Waals surface area contributed by atoms with Gasteiger partial charge in [-0.2, -0.15) is 0 Å². The summed E-state index contributed by atoms with van der Waals surface area (Å²) in [6.07, 6.45) is 3.79. The van der Waals surface area contributed by atoms with Gasteiger partial charge in [0.2, 0.25) is 0 Å². The Morgan fingerprint density at radius 2 is 2.14 bits per heavy atom. The first-order valence-electron chi connectivity index (χ1n) is 6.89. The largest absolute Gasteiger partial charge is 0.350 e. The number of fused-ring (bicyclic) bond motifs is 1. The van der Waals surface area contributed by atoms with E-state index in [2.05, 4.69) is 28.0 Å². The Balaban J connectivity index is 1.80. The van der Waals surface area contributed by atoms with E-state index in [0.717, 1.165) is 16.6 Å². The van der Waals surface area contributed by atoms with E-state index in [-0.39, 0.29) is 5.91 Å². The molecule has 0 atom stereocenters. The highest BCUT2D eigenvalue weighted by atomic mass is 16.1. The highest BCUT2D eigenvalue weighted by Gasteiger charge is 2.09. The average Bonchev–Trinajstić information content (AvgIpc) is 2.80. The Morgan fingerprint density at radius 1 is 1.29 bits per heavy atom.